The first-order valence-corrected chi connectivity index (χ1v) is 5.17. The molecular formula is C10H17N3. The molecule has 72 valence electrons. The fourth-order valence-electron chi connectivity index (χ4n) is 2.13. The van der Waals surface area contributed by atoms with E-state index in [9.17, 15) is 0 Å². The van der Waals surface area contributed by atoms with Gasteiger partial charge < -0.3 is 5.32 Å². The largest absolute Gasteiger partial charge is 0.311 e. The molecule has 0 aromatic rings. The first-order chi connectivity index (χ1) is 6.31. The van der Waals surface area contributed by atoms with Crippen LogP contribution in [0.25, 0.3) is 0 Å². The van der Waals surface area contributed by atoms with Crippen molar-refractivity contribution in [1.82, 2.24) is 10.2 Å². The maximum atomic E-state index is 8.70. The molecule has 0 spiro atoms. The monoisotopic (exact) mass is 179 g/mol. The van der Waals surface area contributed by atoms with E-state index in [1.807, 2.05) is 0 Å². The van der Waals surface area contributed by atoms with Crippen molar-refractivity contribution in [2.75, 3.05) is 13.1 Å². The average molecular weight is 179 g/mol. The molecule has 2 fully saturated rings. The second kappa shape index (κ2) is 3.65. The Morgan fingerprint density at radius 3 is 2.92 bits per heavy atom. The number of rotatable bonds is 2. The van der Waals surface area contributed by atoms with E-state index in [-0.39, 0.29) is 0 Å². The zero-order chi connectivity index (χ0) is 9.26. The summed E-state index contributed by atoms with van der Waals surface area (Å²) in [6.07, 6.45) is 3.36. The average Bonchev–Trinajstić information content (AvgIpc) is 2.91. The zero-order valence-corrected chi connectivity index (χ0v) is 8.16. The number of nitrogens with zero attached hydrogens (tertiary/aromatic N) is 2. The third kappa shape index (κ3) is 2.01. The summed E-state index contributed by atoms with van der Waals surface area (Å²) in [5, 5.41) is 12.1. The molecule has 3 heteroatoms. The van der Waals surface area contributed by atoms with Crippen LogP contribution in [0.5, 0.6) is 0 Å². The van der Waals surface area contributed by atoms with Crippen LogP contribution in [0.15, 0.2) is 0 Å². The van der Waals surface area contributed by atoms with E-state index in [2.05, 4.69) is 23.2 Å². The summed E-state index contributed by atoms with van der Waals surface area (Å²) in [5.74, 6) is 0. The van der Waals surface area contributed by atoms with Crippen molar-refractivity contribution in [3.05, 3.63) is 0 Å². The molecule has 1 N–H and O–H groups in total. The van der Waals surface area contributed by atoms with Gasteiger partial charge in [-0.25, -0.2) is 0 Å². The van der Waals surface area contributed by atoms with Crippen LogP contribution in [0.3, 0.4) is 0 Å². The van der Waals surface area contributed by atoms with E-state index in [1.165, 1.54) is 12.8 Å². The molecule has 2 rings (SSSR count). The van der Waals surface area contributed by atoms with Crippen LogP contribution in [0.4, 0.5) is 0 Å². The van der Waals surface area contributed by atoms with Crippen molar-refractivity contribution in [2.45, 2.75) is 44.3 Å². The van der Waals surface area contributed by atoms with Gasteiger partial charge in [-0.3, -0.25) is 4.90 Å². The molecule has 1 saturated heterocycles. The van der Waals surface area contributed by atoms with Crippen LogP contribution in [-0.2, 0) is 0 Å². The minimum atomic E-state index is 0.466. The third-order valence-electron chi connectivity index (χ3n) is 3.00. The number of hydrogen-bond donors (Lipinski definition) is 1. The Kier molecular flexibility index (Phi) is 2.52. The Bertz CT molecular complexity index is 217. The molecule has 1 heterocycles. The van der Waals surface area contributed by atoms with Crippen LogP contribution < -0.4 is 5.32 Å². The second-order valence-electron chi connectivity index (χ2n) is 4.25. The van der Waals surface area contributed by atoms with E-state index in [0.717, 1.165) is 19.1 Å². The summed E-state index contributed by atoms with van der Waals surface area (Å²) in [4.78, 5) is 2.53. The Hall–Kier alpha value is -0.590. The van der Waals surface area contributed by atoms with Crippen molar-refractivity contribution >= 4 is 0 Å². The topological polar surface area (TPSA) is 39.1 Å². The van der Waals surface area contributed by atoms with Gasteiger partial charge in [-0.2, -0.15) is 5.26 Å². The summed E-state index contributed by atoms with van der Waals surface area (Å²) in [6.45, 7) is 4.33. The number of nitrogens with one attached hydrogen (secondary N) is 1. The predicted molar refractivity (Wildman–Crippen MR) is 51.2 cm³/mol. The van der Waals surface area contributed by atoms with Gasteiger partial charge in [0.2, 0.25) is 0 Å². The van der Waals surface area contributed by atoms with Gasteiger partial charge in [0.25, 0.3) is 0 Å². The van der Waals surface area contributed by atoms with Crippen molar-refractivity contribution in [2.24, 2.45) is 0 Å². The molecule has 0 aromatic heterocycles. The predicted octanol–water partition coefficient (Wildman–Crippen LogP) is 0.725. The van der Waals surface area contributed by atoms with E-state index in [1.54, 1.807) is 0 Å². The lowest BCUT2D eigenvalue weighted by Gasteiger charge is -2.38. The lowest BCUT2D eigenvalue weighted by Crippen LogP contribution is -2.56. The summed E-state index contributed by atoms with van der Waals surface area (Å²) in [7, 11) is 0. The SMILES string of the molecule is CC1CN(C2CC2)C(CC#N)CN1. The van der Waals surface area contributed by atoms with Crippen LogP contribution >= 0.6 is 0 Å². The van der Waals surface area contributed by atoms with E-state index >= 15 is 0 Å². The highest BCUT2D eigenvalue weighted by Crippen LogP contribution is 2.30. The van der Waals surface area contributed by atoms with Crippen molar-refractivity contribution in [3.8, 4) is 6.07 Å². The Morgan fingerprint density at radius 2 is 2.31 bits per heavy atom. The minimum absolute atomic E-state index is 0.466. The minimum Gasteiger partial charge on any atom is -0.311 e. The summed E-state index contributed by atoms with van der Waals surface area (Å²) >= 11 is 0. The number of nitriles is 1. The lowest BCUT2D eigenvalue weighted by atomic mass is 10.1. The highest BCUT2D eigenvalue weighted by molar-refractivity contribution is 4.97. The van der Waals surface area contributed by atoms with Gasteiger partial charge in [0.1, 0.15) is 0 Å². The molecule has 1 saturated carbocycles. The number of hydrogen-bond acceptors (Lipinski definition) is 3. The quantitative estimate of drug-likeness (QED) is 0.679. The van der Waals surface area contributed by atoms with Gasteiger partial charge in [-0.1, -0.05) is 0 Å². The third-order valence-corrected chi connectivity index (χ3v) is 3.00. The zero-order valence-electron chi connectivity index (χ0n) is 8.16. The maximum absolute atomic E-state index is 8.70. The molecule has 2 unspecified atom stereocenters. The second-order valence-corrected chi connectivity index (χ2v) is 4.25. The van der Waals surface area contributed by atoms with Gasteiger partial charge in [0.05, 0.1) is 12.5 Å². The Morgan fingerprint density at radius 1 is 1.54 bits per heavy atom. The first kappa shape index (κ1) is 8.98. The van der Waals surface area contributed by atoms with Crippen molar-refractivity contribution in [1.29, 1.82) is 5.26 Å². The van der Waals surface area contributed by atoms with E-state index in [0.29, 0.717) is 18.5 Å². The van der Waals surface area contributed by atoms with Crippen LogP contribution in [0.1, 0.15) is 26.2 Å². The van der Waals surface area contributed by atoms with Gasteiger partial charge in [0, 0.05) is 31.2 Å². The van der Waals surface area contributed by atoms with Crippen LogP contribution in [-0.4, -0.2) is 36.1 Å². The standard InChI is InChI=1S/C10H17N3/c1-8-7-13(9-2-3-9)10(4-5-11)6-12-8/h8-10,12H,2-4,6-7H2,1H3. The van der Waals surface area contributed by atoms with E-state index < -0.39 is 0 Å². The number of piperazine rings is 1. The first-order valence-electron chi connectivity index (χ1n) is 5.17. The van der Waals surface area contributed by atoms with Gasteiger partial charge in [-0.05, 0) is 19.8 Å². The van der Waals surface area contributed by atoms with E-state index in [4.69, 9.17) is 5.26 Å². The van der Waals surface area contributed by atoms with Crippen LogP contribution in [0, 0.1) is 11.3 Å². The highest BCUT2D eigenvalue weighted by Gasteiger charge is 2.36. The van der Waals surface area contributed by atoms with Gasteiger partial charge >= 0.3 is 0 Å². The Labute approximate surface area is 79.7 Å². The molecule has 0 radical (unpaired) electrons. The fraction of sp³-hybridized carbons (Fsp3) is 0.900. The summed E-state index contributed by atoms with van der Waals surface area (Å²) in [6, 6.07) is 4.14. The molecule has 1 aliphatic heterocycles. The van der Waals surface area contributed by atoms with Crippen LogP contribution in [0.2, 0.25) is 0 Å². The Balaban J connectivity index is 1.95. The molecule has 0 aromatic carbocycles. The molecule has 2 aliphatic rings. The van der Waals surface area contributed by atoms with Crippen molar-refractivity contribution in [3.63, 3.8) is 0 Å². The van der Waals surface area contributed by atoms with Gasteiger partial charge in [0.15, 0.2) is 0 Å². The smallest absolute Gasteiger partial charge is 0.0638 e. The van der Waals surface area contributed by atoms with Crippen molar-refractivity contribution < 1.29 is 0 Å². The molecule has 0 amide bonds. The maximum Gasteiger partial charge on any atom is 0.0638 e. The van der Waals surface area contributed by atoms with Gasteiger partial charge in [-0.15, -0.1) is 0 Å². The lowest BCUT2D eigenvalue weighted by molar-refractivity contribution is 0.129. The molecule has 3 nitrogen and oxygen atoms in total. The summed E-state index contributed by atoms with van der Waals surface area (Å²) < 4.78 is 0. The highest BCUT2D eigenvalue weighted by atomic mass is 15.3. The molecular weight excluding hydrogens is 162 g/mol. The molecule has 1 aliphatic carbocycles. The molecule has 2 atom stereocenters. The molecule has 13 heavy (non-hydrogen) atoms. The summed E-state index contributed by atoms with van der Waals surface area (Å²) in [5.41, 5.74) is 0. The normalized spacial score (nSPS) is 35.7. The fourth-order valence-corrected chi connectivity index (χ4v) is 2.13. The molecule has 0 bridgehead atoms.